The Kier molecular flexibility index (Phi) is 6.16. The minimum absolute atomic E-state index is 0.204. The molecule has 2 fully saturated rings. The van der Waals surface area contributed by atoms with Gasteiger partial charge in [-0.15, -0.1) is 10.2 Å². The fourth-order valence-electron chi connectivity index (χ4n) is 3.72. The van der Waals surface area contributed by atoms with Crippen molar-refractivity contribution in [3.63, 3.8) is 0 Å². The summed E-state index contributed by atoms with van der Waals surface area (Å²) in [6.07, 6.45) is -3.47. The number of rotatable bonds is 6. The lowest BCUT2D eigenvalue weighted by Crippen LogP contribution is -2.36. The van der Waals surface area contributed by atoms with E-state index in [0.717, 1.165) is 40.1 Å². The highest BCUT2D eigenvalue weighted by Crippen LogP contribution is 2.36. The van der Waals surface area contributed by atoms with E-state index in [9.17, 15) is 13.2 Å². The van der Waals surface area contributed by atoms with Crippen LogP contribution in [0.2, 0.25) is 0 Å². The fraction of sp³-hybridized carbons (Fsp3) is 0.722. The Balaban J connectivity index is 1.67. The molecule has 0 aliphatic carbocycles. The first-order valence-electron chi connectivity index (χ1n) is 9.91. The van der Waals surface area contributed by atoms with Gasteiger partial charge in [-0.3, -0.25) is 4.57 Å². The summed E-state index contributed by atoms with van der Waals surface area (Å²) in [4.78, 5) is 8.78. The number of morpholine rings is 1. The number of halogens is 3. The molecule has 2 aromatic rings. The van der Waals surface area contributed by atoms with Crippen molar-refractivity contribution in [2.24, 2.45) is 5.92 Å². The maximum absolute atomic E-state index is 13.0. The molecule has 30 heavy (non-hydrogen) atoms. The minimum atomic E-state index is -4.33. The number of anilines is 2. The molecular formula is C18H25F3N6O2S. The summed E-state index contributed by atoms with van der Waals surface area (Å²) in [5.41, 5.74) is 0.794. The topological polar surface area (TPSA) is 68.5 Å². The van der Waals surface area contributed by atoms with Gasteiger partial charge in [0.25, 0.3) is 0 Å². The molecule has 0 saturated carbocycles. The van der Waals surface area contributed by atoms with Crippen molar-refractivity contribution in [1.82, 2.24) is 19.7 Å². The number of alkyl halides is 3. The molecule has 2 aliphatic rings. The Hall–Kier alpha value is -1.92. The van der Waals surface area contributed by atoms with Gasteiger partial charge in [-0.2, -0.15) is 13.2 Å². The summed E-state index contributed by atoms with van der Waals surface area (Å²) >= 11 is 1.49. The van der Waals surface area contributed by atoms with Gasteiger partial charge in [-0.25, -0.2) is 4.98 Å². The molecule has 4 heterocycles. The number of thiazole rings is 1. The van der Waals surface area contributed by atoms with E-state index in [1.54, 1.807) is 4.57 Å². The molecule has 0 radical (unpaired) electrons. The summed E-state index contributed by atoms with van der Waals surface area (Å²) in [6, 6.07) is 0. The van der Waals surface area contributed by atoms with E-state index >= 15 is 0 Å². The SMILES string of the molecule is Cc1nc(N2CCOCC2)sc1-c1nnc(N(C)CC(F)(F)F)n1CC1CCOC1. The number of aryl methyl sites for hydroxylation is 1. The van der Waals surface area contributed by atoms with Gasteiger partial charge in [0.15, 0.2) is 11.0 Å². The smallest absolute Gasteiger partial charge is 0.381 e. The predicted molar refractivity (Wildman–Crippen MR) is 107 cm³/mol. The van der Waals surface area contributed by atoms with Crippen molar-refractivity contribution >= 4 is 22.4 Å². The van der Waals surface area contributed by atoms with Crippen LogP contribution in [-0.2, 0) is 16.0 Å². The zero-order chi connectivity index (χ0) is 21.3. The summed E-state index contributed by atoms with van der Waals surface area (Å²) < 4.78 is 51.6. The molecule has 8 nitrogen and oxygen atoms in total. The first-order valence-corrected chi connectivity index (χ1v) is 10.7. The van der Waals surface area contributed by atoms with Crippen molar-refractivity contribution in [1.29, 1.82) is 0 Å². The predicted octanol–water partition coefficient (Wildman–Crippen LogP) is 2.58. The number of nitrogens with zero attached hydrogens (tertiary/aromatic N) is 6. The lowest BCUT2D eigenvalue weighted by molar-refractivity contribution is -0.119. The molecule has 2 aromatic heterocycles. The van der Waals surface area contributed by atoms with Gasteiger partial charge in [0.05, 0.1) is 30.4 Å². The summed E-state index contributed by atoms with van der Waals surface area (Å²) in [7, 11) is 1.39. The third kappa shape index (κ3) is 4.70. The van der Waals surface area contributed by atoms with Crippen LogP contribution in [0.15, 0.2) is 0 Å². The van der Waals surface area contributed by atoms with Gasteiger partial charge >= 0.3 is 6.18 Å². The zero-order valence-corrected chi connectivity index (χ0v) is 17.8. The molecule has 4 rings (SSSR count). The number of hydrogen-bond donors (Lipinski definition) is 0. The number of hydrogen-bond acceptors (Lipinski definition) is 8. The van der Waals surface area contributed by atoms with Crippen LogP contribution in [0.4, 0.5) is 24.3 Å². The van der Waals surface area contributed by atoms with Gasteiger partial charge in [0, 0.05) is 39.2 Å². The third-order valence-corrected chi connectivity index (χ3v) is 6.44. The molecule has 1 unspecified atom stereocenters. The van der Waals surface area contributed by atoms with Crippen LogP contribution < -0.4 is 9.80 Å². The van der Waals surface area contributed by atoms with Crippen LogP contribution in [-0.4, -0.2) is 79.0 Å². The van der Waals surface area contributed by atoms with E-state index < -0.39 is 12.7 Å². The molecule has 0 spiro atoms. The highest BCUT2D eigenvalue weighted by atomic mass is 32.1. The average molecular weight is 446 g/mol. The van der Waals surface area contributed by atoms with Gasteiger partial charge < -0.3 is 19.3 Å². The second kappa shape index (κ2) is 8.67. The first kappa shape index (κ1) is 21.3. The molecule has 12 heteroatoms. The van der Waals surface area contributed by atoms with E-state index in [-0.39, 0.29) is 11.9 Å². The Labute approximate surface area is 176 Å². The second-order valence-electron chi connectivity index (χ2n) is 7.65. The summed E-state index contributed by atoms with van der Waals surface area (Å²) in [5, 5.41) is 9.28. The molecule has 1 atom stereocenters. The van der Waals surface area contributed by atoms with Crippen LogP contribution in [0.1, 0.15) is 12.1 Å². The number of ether oxygens (including phenoxy) is 2. The highest BCUT2D eigenvalue weighted by Gasteiger charge is 2.33. The Morgan fingerprint density at radius 3 is 2.60 bits per heavy atom. The normalized spacial score (nSPS) is 20.2. The fourth-order valence-corrected chi connectivity index (χ4v) is 4.83. The van der Waals surface area contributed by atoms with Crippen molar-refractivity contribution < 1.29 is 22.6 Å². The highest BCUT2D eigenvalue weighted by molar-refractivity contribution is 7.19. The van der Waals surface area contributed by atoms with E-state index in [4.69, 9.17) is 9.47 Å². The van der Waals surface area contributed by atoms with E-state index in [0.29, 0.717) is 38.8 Å². The van der Waals surface area contributed by atoms with E-state index in [1.165, 1.54) is 18.4 Å². The van der Waals surface area contributed by atoms with Crippen molar-refractivity contribution in [2.75, 3.05) is 62.9 Å². The Bertz CT molecular complexity index is 859. The molecule has 0 aromatic carbocycles. The van der Waals surface area contributed by atoms with Crippen LogP contribution in [0.25, 0.3) is 10.7 Å². The quantitative estimate of drug-likeness (QED) is 0.676. The van der Waals surface area contributed by atoms with Crippen LogP contribution in [0.3, 0.4) is 0 Å². The van der Waals surface area contributed by atoms with Crippen LogP contribution >= 0.6 is 11.3 Å². The Morgan fingerprint density at radius 2 is 1.93 bits per heavy atom. The Morgan fingerprint density at radius 1 is 1.17 bits per heavy atom. The maximum atomic E-state index is 13.0. The van der Waals surface area contributed by atoms with Gasteiger partial charge in [0.1, 0.15) is 6.54 Å². The monoisotopic (exact) mass is 446 g/mol. The summed E-state index contributed by atoms with van der Waals surface area (Å²) in [6.45, 7) is 5.38. The zero-order valence-electron chi connectivity index (χ0n) is 17.0. The van der Waals surface area contributed by atoms with Crippen molar-refractivity contribution in [2.45, 2.75) is 26.1 Å². The molecule has 2 aliphatic heterocycles. The van der Waals surface area contributed by atoms with E-state index in [2.05, 4.69) is 20.1 Å². The molecule has 166 valence electrons. The largest absolute Gasteiger partial charge is 0.406 e. The van der Waals surface area contributed by atoms with E-state index in [1.807, 2.05) is 6.92 Å². The standard InChI is InChI=1S/C18H25F3N6O2S/c1-12-14(30-17(22-12)26-4-7-28-8-5-26)15-23-24-16(25(2)11-18(19,20)21)27(15)9-13-3-6-29-10-13/h13H,3-11H2,1-2H3. The lowest BCUT2D eigenvalue weighted by atomic mass is 10.1. The summed E-state index contributed by atoms with van der Waals surface area (Å²) in [5.74, 6) is 0.972. The molecule has 0 amide bonds. The van der Waals surface area contributed by atoms with Crippen molar-refractivity contribution in [3.8, 4) is 10.7 Å². The maximum Gasteiger partial charge on any atom is 0.406 e. The molecule has 0 bridgehead atoms. The second-order valence-corrected chi connectivity index (χ2v) is 8.62. The molecule has 0 N–H and O–H groups in total. The lowest BCUT2D eigenvalue weighted by Gasteiger charge is -2.26. The van der Waals surface area contributed by atoms with Gasteiger partial charge in [-0.1, -0.05) is 11.3 Å². The first-order chi connectivity index (χ1) is 14.3. The average Bonchev–Trinajstić information content (AvgIpc) is 3.42. The third-order valence-electron chi connectivity index (χ3n) is 5.22. The van der Waals surface area contributed by atoms with Crippen LogP contribution in [0, 0.1) is 12.8 Å². The van der Waals surface area contributed by atoms with Crippen molar-refractivity contribution in [3.05, 3.63) is 5.69 Å². The van der Waals surface area contributed by atoms with Crippen LogP contribution in [0.5, 0.6) is 0 Å². The van der Waals surface area contributed by atoms with Gasteiger partial charge in [0.2, 0.25) is 5.95 Å². The van der Waals surface area contributed by atoms with Gasteiger partial charge in [-0.05, 0) is 13.3 Å². The molecular weight excluding hydrogens is 421 g/mol. The minimum Gasteiger partial charge on any atom is -0.381 e. The number of aromatic nitrogens is 4. The molecule has 2 saturated heterocycles.